The van der Waals surface area contributed by atoms with Gasteiger partial charge in [0.1, 0.15) is 0 Å². The van der Waals surface area contributed by atoms with E-state index in [2.05, 4.69) is 31.6 Å². The molecule has 1 aromatic carbocycles. The van der Waals surface area contributed by atoms with Crippen molar-refractivity contribution in [1.29, 1.82) is 0 Å². The number of nitrogens with zero attached hydrogens (tertiary/aromatic N) is 6. The van der Waals surface area contributed by atoms with Crippen molar-refractivity contribution in [2.45, 2.75) is 18.9 Å². The zero-order valence-corrected chi connectivity index (χ0v) is 18.5. The molecule has 0 bridgehead atoms. The summed E-state index contributed by atoms with van der Waals surface area (Å²) >= 11 is 0. The number of para-hydroxylation sites is 1. The highest BCUT2D eigenvalue weighted by Crippen LogP contribution is 2.26. The smallest absolute Gasteiger partial charge is 0.193 e. The number of benzene rings is 1. The molecule has 2 aromatic heterocycles. The van der Waals surface area contributed by atoms with Gasteiger partial charge in [-0.15, -0.1) is 24.0 Å². The molecule has 1 atom stereocenters. The highest BCUT2D eigenvalue weighted by atomic mass is 127. The number of rotatable bonds is 4. The number of likely N-dealkylation sites (tertiary alicyclic amines) is 1. The Balaban J connectivity index is 0.00000225. The number of hydrogen-bond acceptors (Lipinski definition) is 3. The first-order chi connectivity index (χ1) is 13.2. The first kappa shape index (κ1) is 20.4. The van der Waals surface area contributed by atoms with Crippen molar-refractivity contribution in [2.75, 3.05) is 20.1 Å². The minimum Gasteiger partial charge on any atom is -0.351 e. The lowest BCUT2D eigenvalue weighted by atomic mass is 10.0. The van der Waals surface area contributed by atoms with Gasteiger partial charge in [0.25, 0.3) is 0 Å². The van der Waals surface area contributed by atoms with E-state index >= 15 is 0 Å². The Bertz CT molecular complexity index is 916. The molecule has 1 unspecified atom stereocenters. The summed E-state index contributed by atoms with van der Waals surface area (Å²) in [5, 5.41) is 12.4. The molecule has 1 aliphatic rings. The van der Waals surface area contributed by atoms with Crippen LogP contribution in [0.2, 0.25) is 0 Å². The predicted octanol–water partition coefficient (Wildman–Crippen LogP) is 2.79. The van der Waals surface area contributed by atoms with Crippen LogP contribution in [0.15, 0.2) is 60.0 Å². The van der Waals surface area contributed by atoms with Crippen LogP contribution in [-0.2, 0) is 13.6 Å². The summed E-state index contributed by atoms with van der Waals surface area (Å²) in [7, 11) is 3.80. The Morgan fingerprint density at radius 3 is 2.79 bits per heavy atom. The van der Waals surface area contributed by atoms with E-state index in [4.69, 9.17) is 0 Å². The quantitative estimate of drug-likeness (QED) is 0.347. The molecule has 148 valence electrons. The van der Waals surface area contributed by atoms with Crippen molar-refractivity contribution in [3.63, 3.8) is 0 Å². The van der Waals surface area contributed by atoms with Crippen LogP contribution in [0.4, 0.5) is 0 Å². The molecular weight excluding hydrogens is 465 g/mol. The summed E-state index contributed by atoms with van der Waals surface area (Å²) in [6.45, 7) is 2.61. The maximum absolute atomic E-state index is 4.65. The number of aryl methyl sites for hydroxylation is 1. The van der Waals surface area contributed by atoms with Gasteiger partial charge in [-0.05, 0) is 30.2 Å². The third-order valence-corrected chi connectivity index (χ3v) is 4.99. The normalized spacial score (nSPS) is 16.9. The Kier molecular flexibility index (Phi) is 6.71. The van der Waals surface area contributed by atoms with Crippen LogP contribution in [-0.4, -0.2) is 50.6 Å². The van der Waals surface area contributed by atoms with Crippen LogP contribution in [0.1, 0.15) is 23.6 Å². The summed E-state index contributed by atoms with van der Waals surface area (Å²) in [6, 6.07) is 12.2. The Morgan fingerprint density at radius 1 is 1.25 bits per heavy atom. The number of halogens is 1. The van der Waals surface area contributed by atoms with Gasteiger partial charge in [-0.3, -0.25) is 9.67 Å². The van der Waals surface area contributed by atoms with E-state index in [1.54, 1.807) is 0 Å². The Hall–Kier alpha value is -2.36. The SMILES string of the molecule is CN=C(NCc1ccn(-c2ccccc2)n1)N1CCC(c2cnn(C)c2)C1.I. The Labute approximate surface area is 182 Å². The van der Waals surface area contributed by atoms with Gasteiger partial charge in [0.2, 0.25) is 0 Å². The van der Waals surface area contributed by atoms with Gasteiger partial charge in [-0.25, -0.2) is 4.68 Å². The highest BCUT2D eigenvalue weighted by molar-refractivity contribution is 14.0. The minimum atomic E-state index is 0. The van der Waals surface area contributed by atoms with E-state index < -0.39 is 0 Å². The number of nitrogens with one attached hydrogen (secondary N) is 1. The van der Waals surface area contributed by atoms with Gasteiger partial charge in [-0.1, -0.05) is 18.2 Å². The van der Waals surface area contributed by atoms with E-state index in [0.717, 1.165) is 36.9 Å². The summed E-state index contributed by atoms with van der Waals surface area (Å²) in [6.07, 6.45) is 7.19. The first-order valence-corrected chi connectivity index (χ1v) is 9.27. The van der Waals surface area contributed by atoms with Gasteiger partial charge in [0, 0.05) is 45.5 Å². The van der Waals surface area contributed by atoms with Gasteiger partial charge < -0.3 is 10.2 Å². The van der Waals surface area contributed by atoms with E-state index in [1.165, 1.54) is 5.56 Å². The van der Waals surface area contributed by atoms with Crippen LogP contribution in [0, 0.1) is 0 Å². The second kappa shape index (κ2) is 9.22. The topological polar surface area (TPSA) is 63.3 Å². The number of guanidine groups is 1. The molecule has 8 heteroatoms. The number of aromatic nitrogens is 4. The zero-order valence-electron chi connectivity index (χ0n) is 16.2. The van der Waals surface area contributed by atoms with Crippen LogP contribution < -0.4 is 5.32 Å². The van der Waals surface area contributed by atoms with Crippen LogP contribution >= 0.6 is 24.0 Å². The number of hydrogen-bond donors (Lipinski definition) is 1. The maximum atomic E-state index is 4.65. The predicted molar refractivity (Wildman–Crippen MR) is 121 cm³/mol. The highest BCUT2D eigenvalue weighted by Gasteiger charge is 2.26. The maximum Gasteiger partial charge on any atom is 0.193 e. The standard InChI is InChI=1S/C20H25N7.HI/c1-21-20(26-10-8-16(15-26)17-12-23-25(2)14-17)22-13-18-9-11-27(24-18)19-6-4-3-5-7-19;/h3-7,9,11-12,14,16H,8,10,13,15H2,1-2H3,(H,21,22);1H. The molecule has 7 nitrogen and oxygen atoms in total. The van der Waals surface area contributed by atoms with E-state index in [9.17, 15) is 0 Å². The summed E-state index contributed by atoms with van der Waals surface area (Å²) in [5.41, 5.74) is 3.35. The Morgan fingerprint density at radius 2 is 2.07 bits per heavy atom. The second-order valence-electron chi connectivity index (χ2n) is 6.87. The van der Waals surface area contributed by atoms with Crippen molar-refractivity contribution in [2.24, 2.45) is 12.0 Å². The third kappa shape index (κ3) is 4.54. The van der Waals surface area contributed by atoms with Crippen LogP contribution in [0.3, 0.4) is 0 Å². The van der Waals surface area contributed by atoms with Crippen molar-refractivity contribution in [1.82, 2.24) is 29.8 Å². The summed E-state index contributed by atoms with van der Waals surface area (Å²) in [5.74, 6) is 1.44. The second-order valence-corrected chi connectivity index (χ2v) is 6.87. The monoisotopic (exact) mass is 491 g/mol. The first-order valence-electron chi connectivity index (χ1n) is 9.27. The molecule has 4 rings (SSSR count). The third-order valence-electron chi connectivity index (χ3n) is 4.99. The molecule has 0 radical (unpaired) electrons. The molecule has 0 amide bonds. The molecule has 0 spiro atoms. The molecule has 0 aliphatic carbocycles. The summed E-state index contributed by atoms with van der Waals surface area (Å²) in [4.78, 5) is 6.77. The average molecular weight is 491 g/mol. The van der Waals surface area contributed by atoms with Gasteiger partial charge >= 0.3 is 0 Å². The molecule has 1 aliphatic heterocycles. The minimum absolute atomic E-state index is 0. The average Bonchev–Trinajstić information content (AvgIpc) is 3.44. The van der Waals surface area contributed by atoms with Gasteiger partial charge in [0.05, 0.1) is 24.1 Å². The zero-order chi connectivity index (χ0) is 18.6. The van der Waals surface area contributed by atoms with Crippen molar-refractivity contribution >= 4 is 29.9 Å². The van der Waals surface area contributed by atoms with Crippen LogP contribution in [0.25, 0.3) is 5.69 Å². The molecule has 1 saturated heterocycles. The molecule has 28 heavy (non-hydrogen) atoms. The molecule has 3 aromatic rings. The van der Waals surface area contributed by atoms with Crippen LogP contribution in [0.5, 0.6) is 0 Å². The van der Waals surface area contributed by atoms with E-state index in [0.29, 0.717) is 12.5 Å². The lowest BCUT2D eigenvalue weighted by molar-refractivity contribution is 0.485. The fourth-order valence-corrected chi connectivity index (χ4v) is 3.56. The lowest BCUT2D eigenvalue weighted by Crippen LogP contribution is -2.39. The summed E-state index contributed by atoms with van der Waals surface area (Å²) < 4.78 is 3.77. The van der Waals surface area contributed by atoms with E-state index in [-0.39, 0.29) is 24.0 Å². The molecule has 3 heterocycles. The fraction of sp³-hybridized carbons (Fsp3) is 0.350. The lowest BCUT2D eigenvalue weighted by Gasteiger charge is -2.21. The molecular formula is C20H26IN7. The van der Waals surface area contributed by atoms with Crippen molar-refractivity contribution in [3.8, 4) is 5.69 Å². The van der Waals surface area contributed by atoms with E-state index in [1.807, 2.05) is 72.3 Å². The molecule has 1 N–H and O–H groups in total. The molecule has 0 saturated carbocycles. The van der Waals surface area contributed by atoms with Crippen molar-refractivity contribution < 1.29 is 0 Å². The van der Waals surface area contributed by atoms with Gasteiger partial charge in [-0.2, -0.15) is 10.2 Å². The van der Waals surface area contributed by atoms with Crippen molar-refractivity contribution in [3.05, 3.63) is 66.2 Å². The number of aliphatic imine (C=N–C) groups is 1. The molecule has 1 fully saturated rings. The van der Waals surface area contributed by atoms with Gasteiger partial charge in [0.15, 0.2) is 5.96 Å². The largest absolute Gasteiger partial charge is 0.351 e. The fourth-order valence-electron chi connectivity index (χ4n) is 3.56.